The Morgan fingerprint density at radius 3 is 2.83 bits per heavy atom. The van der Waals surface area contributed by atoms with Gasteiger partial charge < -0.3 is 15.7 Å². The van der Waals surface area contributed by atoms with Gasteiger partial charge in [-0.25, -0.2) is 0 Å². The molecule has 2 saturated heterocycles. The molecule has 3 N–H and O–H groups in total. The van der Waals surface area contributed by atoms with E-state index in [1.165, 1.54) is 0 Å². The SMILES string of the molecule is O=C(NC1CCN(Cc2cccc(O)c2)CC1)C1CCCNCC1. The Balaban J connectivity index is 1.42. The summed E-state index contributed by atoms with van der Waals surface area (Å²) in [4.78, 5) is 14.8. The summed E-state index contributed by atoms with van der Waals surface area (Å²) in [5.41, 5.74) is 1.14. The van der Waals surface area contributed by atoms with Crippen LogP contribution in [0.2, 0.25) is 0 Å². The molecule has 5 nitrogen and oxygen atoms in total. The van der Waals surface area contributed by atoms with Crippen LogP contribution < -0.4 is 10.6 Å². The molecule has 0 radical (unpaired) electrons. The number of phenols is 1. The molecule has 1 aromatic rings. The standard InChI is InChI=1S/C19H29N3O2/c23-18-5-1-3-15(13-18)14-22-11-7-17(8-12-22)21-19(24)16-4-2-9-20-10-6-16/h1,3,5,13,16-17,20,23H,2,4,6-12,14H2,(H,21,24). The van der Waals surface area contributed by atoms with Gasteiger partial charge in [0.25, 0.3) is 0 Å². The van der Waals surface area contributed by atoms with Gasteiger partial charge in [-0.3, -0.25) is 9.69 Å². The number of carbonyl (C=O) groups is 1. The summed E-state index contributed by atoms with van der Waals surface area (Å²) in [5.74, 6) is 0.767. The van der Waals surface area contributed by atoms with Gasteiger partial charge in [-0.1, -0.05) is 12.1 Å². The zero-order valence-corrected chi connectivity index (χ0v) is 14.3. The van der Waals surface area contributed by atoms with E-state index in [4.69, 9.17) is 0 Å². The largest absolute Gasteiger partial charge is 0.508 e. The maximum atomic E-state index is 12.4. The van der Waals surface area contributed by atoms with Gasteiger partial charge in [0.05, 0.1) is 0 Å². The average Bonchev–Trinajstić information content (AvgIpc) is 2.86. The van der Waals surface area contributed by atoms with Crippen molar-refractivity contribution in [3.8, 4) is 5.75 Å². The van der Waals surface area contributed by atoms with Crippen LogP contribution in [0.3, 0.4) is 0 Å². The summed E-state index contributed by atoms with van der Waals surface area (Å²) in [5, 5.41) is 16.2. The first-order chi connectivity index (χ1) is 11.7. The number of rotatable bonds is 4. The number of nitrogens with zero attached hydrogens (tertiary/aromatic N) is 1. The normalized spacial score (nSPS) is 23.6. The van der Waals surface area contributed by atoms with Crippen molar-refractivity contribution < 1.29 is 9.90 Å². The monoisotopic (exact) mass is 331 g/mol. The van der Waals surface area contributed by atoms with Gasteiger partial charge in [0.2, 0.25) is 5.91 Å². The lowest BCUT2D eigenvalue weighted by Gasteiger charge is -2.33. The number of hydrogen-bond donors (Lipinski definition) is 3. The summed E-state index contributed by atoms with van der Waals surface area (Å²) < 4.78 is 0. The number of hydrogen-bond acceptors (Lipinski definition) is 4. The van der Waals surface area contributed by atoms with Gasteiger partial charge in [0, 0.05) is 31.6 Å². The maximum absolute atomic E-state index is 12.4. The zero-order chi connectivity index (χ0) is 16.8. The van der Waals surface area contributed by atoms with E-state index < -0.39 is 0 Å². The minimum Gasteiger partial charge on any atom is -0.508 e. The smallest absolute Gasteiger partial charge is 0.223 e. The second kappa shape index (κ2) is 8.49. The highest BCUT2D eigenvalue weighted by Crippen LogP contribution is 2.18. The van der Waals surface area contributed by atoms with Crippen molar-refractivity contribution in [2.75, 3.05) is 26.2 Å². The fourth-order valence-electron chi connectivity index (χ4n) is 3.75. The molecule has 0 aromatic heterocycles. The Kier molecular flexibility index (Phi) is 6.10. The average molecular weight is 331 g/mol. The zero-order valence-electron chi connectivity index (χ0n) is 14.3. The minimum absolute atomic E-state index is 0.185. The van der Waals surface area contributed by atoms with Crippen LogP contribution in [0.15, 0.2) is 24.3 Å². The molecule has 0 spiro atoms. The first-order valence-corrected chi connectivity index (χ1v) is 9.22. The molecule has 24 heavy (non-hydrogen) atoms. The van der Waals surface area contributed by atoms with Crippen LogP contribution in [0.4, 0.5) is 0 Å². The Bertz CT molecular complexity index is 533. The van der Waals surface area contributed by atoms with Gasteiger partial charge in [0.1, 0.15) is 5.75 Å². The minimum atomic E-state index is 0.185. The molecule has 1 atom stereocenters. The predicted octanol–water partition coefficient (Wildman–Crippen LogP) is 1.86. The topological polar surface area (TPSA) is 64.6 Å². The molecule has 2 fully saturated rings. The van der Waals surface area contributed by atoms with E-state index in [2.05, 4.69) is 15.5 Å². The molecule has 0 saturated carbocycles. The van der Waals surface area contributed by atoms with Crippen molar-refractivity contribution in [3.63, 3.8) is 0 Å². The second-order valence-electron chi connectivity index (χ2n) is 7.11. The van der Waals surface area contributed by atoms with E-state index in [1.54, 1.807) is 6.07 Å². The van der Waals surface area contributed by atoms with Crippen LogP contribution in [0.5, 0.6) is 5.75 Å². The lowest BCUT2D eigenvalue weighted by atomic mass is 9.97. The number of amides is 1. The quantitative estimate of drug-likeness (QED) is 0.788. The molecule has 1 aromatic carbocycles. The van der Waals surface area contributed by atoms with Gasteiger partial charge in [-0.15, -0.1) is 0 Å². The lowest BCUT2D eigenvalue weighted by molar-refractivity contribution is -0.126. The van der Waals surface area contributed by atoms with Gasteiger partial charge in [0.15, 0.2) is 0 Å². The summed E-state index contributed by atoms with van der Waals surface area (Å²) in [7, 11) is 0. The Morgan fingerprint density at radius 1 is 1.21 bits per heavy atom. The highest BCUT2D eigenvalue weighted by Gasteiger charge is 2.25. The Labute approximate surface area is 144 Å². The number of piperidine rings is 1. The van der Waals surface area contributed by atoms with Crippen molar-refractivity contribution >= 4 is 5.91 Å². The number of likely N-dealkylation sites (tertiary alicyclic amines) is 1. The van der Waals surface area contributed by atoms with Crippen molar-refractivity contribution in [1.82, 2.24) is 15.5 Å². The fourth-order valence-corrected chi connectivity index (χ4v) is 3.75. The molecule has 2 heterocycles. The maximum Gasteiger partial charge on any atom is 0.223 e. The van der Waals surface area contributed by atoms with Gasteiger partial charge in [-0.05, 0) is 62.9 Å². The van der Waals surface area contributed by atoms with E-state index in [9.17, 15) is 9.90 Å². The van der Waals surface area contributed by atoms with Crippen LogP contribution >= 0.6 is 0 Å². The molecule has 1 unspecified atom stereocenters. The molecular weight excluding hydrogens is 302 g/mol. The Hall–Kier alpha value is -1.59. The number of nitrogens with one attached hydrogen (secondary N) is 2. The van der Waals surface area contributed by atoms with Crippen molar-refractivity contribution in [2.45, 2.75) is 44.7 Å². The molecule has 1 amide bonds. The van der Waals surface area contributed by atoms with E-state index in [0.29, 0.717) is 11.8 Å². The van der Waals surface area contributed by atoms with E-state index in [0.717, 1.165) is 70.4 Å². The number of aromatic hydroxyl groups is 1. The summed E-state index contributed by atoms with van der Waals surface area (Å²) in [6.45, 7) is 4.85. The summed E-state index contributed by atoms with van der Waals surface area (Å²) >= 11 is 0. The van der Waals surface area contributed by atoms with Crippen LogP contribution in [0.1, 0.15) is 37.7 Å². The van der Waals surface area contributed by atoms with Crippen LogP contribution in [-0.2, 0) is 11.3 Å². The molecule has 3 rings (SSSR count). The second-order valence-corrected chi connectivity index (χ2v) is 7.11. The molecule has 0 aliphatic carbocycles. The van der Waals surface area contributed by atoms with Crippen molar-refractivity contribution in [3.05, 3.63) is 29.8 Å². The number of carbonyl (C=O) groups excluding carboxylic acids is 1. The number of benzene rings is 1. The Morgan fingerprint density at radius 2 is 2.04 bits per heavy atom. The molecular formula is C19H29N3O2. The molecule has 2 aliphatic heterocycles. The number of phenolic OH excluding ortho intramolecular Hbond substituents is 1. The summed E-state index contributed by atoms with van der Waals surface area (Å²) in [6, 6.07) is 7.78. The third-order valence-electron chi connectivity index (χ3n) is 5.20. The fraction of sp³-hybridized carbons (Fsp3) is 0.632. The highest BCUT2D eigenvalue weighted by molar-refractivity contribution is 5.79. The first-order valence-electron chi connectivity index (χ1n) is 9.22. The van der Waals surface area contributed by atoms with E-state index in [1.807, 2.05) is 18.2 Å². The third kappa shape index (κ3) is 4.95. The van der Waals surface area contributed by atoms with Crippen LogP contribution in [0, 0.1) is 5.92 Å². The first kappa shape index (κ1) is 17.2. The van der Waals surface area contributed by atoms with Gasteiger partial charge >= 0.3 is 0 Å². The highest BCUT2D eigenvalue weighted by atomic mass is 16.3. The molecule has 0 bridgehead atoms. The van der Waals surface area contributed by atoms with Crippen LogP contribution in [0.25, 0.3) is 0 Å². The van der Waals surface area contributed by atoms with Crippen LogP contribution in [-0.4, -0.2) is 48.1 Å². The van der Waals surface area contributed by atoms with Crippen molar-refractivity contribution in [1.29, 1.82) is 0 Å². The predicted molar refractivity (Wildman–Crippen MR) is 94.8 cm³/mol. The molecule has 5 heteroatoms. The van der Waals surface area contributed by atoms with Gasteiger partial charge in [-0.2, -0.15) is 0 Å². The lowest BCUT2D eigenvalue weighted by Crippen LogP contribution is -2.46. The molecule has 2 aliphatic rings. The summed E-state index contributed by atoms with van der Waals surface area (Å²) in [6.07, 6.45) is 5.09. The van der Waals surface area contributed by atoms with Crippen molar-refractivity contribution in [2.24, 2.45) is 5.92 Å². The third-order valence-corrected chi connectivity index (χ3v) is 5.20. The molecule has 132 valence electrons. The van der Waals surface area contributed by atoms with E-state index >= 15 is 0 Å². The van der Waals surface area contributed by atoms with E-state index in [-0.39, 0.29) is 11.8 Å².